The molecule has 0 aromatic heterocycles. The SMILES string of the molecule is O=C1Nc2ccc(C=CCO)cc2C1=O. The third-order valence-electron chi connectivity index (χ3n) is 2.16. The molecule has 0 radical (unpaired) electrons. The van der Waals surface area contributed by atoms with E-state index in [2.05, 4.69) is 5.32 Å². The average Bonchev–Trinajstić information content (AvgIpc) is 2.52. The molecule has 4 nitrogen and oxygen atoms in total. The number of aliphatic hydroxyl groups is 1. The fourth-order valence-electron chi connectivity index (χ4n) is 1.45. The molecule has 1 aromatic rings. The Labute approximate surface area is 86.2 Å². The number of nitrogens with one attached hydrogen (secondary N) is 1. The number of hydrogen-bond donors (Lipinski definition) is 2. The van der Waals surface area contributed by atoms with Crippen molar-refractivity contribution in [2.75, 3.05) is 11.9 Å². The van der Waals surface area contributed by atoms with E-state index in [-0.39, 0.29) is 6.61 Å². The van der Waals surface area contributed by atoms with Gasteiger partial charge in [0.2, 0.25) is 0 Å². The third kappa shape index (κ3) is 1.67. The first-order valence-electron chi connectivity index (χ1n) is 4.49. The highest BCUT2D eigenvalue weighted by Crippen LogP contribution is 2.24. The molecule has 0 saturated carbocycles. The fraction of sp³-hybridized carbons (Fsp3) is 0.0909. The van der Waals surface area contributed by atoms with Gasteiger partial charge in [-0.25, -0.2) is 0 Å². The molecular formula is C11H9NO3. The van der Waals surface area contributed by atoms with Crippen molar-refractivity contribution < 1.29 is 14.7 Å². The van der Waals surface area contributed by atoms with E-state index in [0.29, 0.717) is 11.3 Å². The van der Waals surface area contributed by atoms with Crippen molar-refractivity contribution in [1.82, 2.24) is 0 Å². The second-order valence-electron chi connectivity index (χ2n) is 3.17. The summed E-state index contributed by atoms with van der Waals surface area (Å²) in [5.41, 5.74) is 1.72. The van der Waals surface area contributed by atoms with Gasteiger partial charge < -0.3 is 10.4 Å². The molecule has 0 saturated heterocycles. The van der Waals surface area contributed by atoms with E-state index in [1.54, 1.807) is 30.4 Å². The normalized spacial score (nSPS) is 14.5. The summed E-state index contributed by atoms with van der Waals surface area (Å²) in [6, 6.07) is 5.07. The van der Waals surface area contributed by atoms with Crippen molar-refractivity contribution in [3.8, 4) is 0 Å². The second kappa shape index (κ2) is 3.67. The predicted octanol–water partition coefficient (Wildman–Crippen LogP) is 0.827. The van der Waals surface area contributed by atoms with E-state index < -0.39 is 11.7 Å². The van der Waals surface area contributed by atoms with Crippen molar-refractivity contribution in [2.24, 2.45) is 0 Å². The monoisotopic (exact) mass is 203 g/mol. The number of anilines is 1. The zero-order valence-electron chi connectivity index (χ0n) is 7.86. The molecule has 1 heterocycles. The summed E-state index contributed by atoms with van der Waals surface area (Å²) in [7, 11) is 0. The van der Waals surface area contributed by atoms with Crippen LogP contribution in [0.3, 0.4) is 0 Å². The summed E-state index contributed by atoms with van der Waals surface area (Å²) >= 11 is 0. The van der Waals surface area contributed by atoms with E-state index in [1.165, 1.54) is 0 Å². The first-order valence-corrected chi connectivity index (χ1v) is 4.49. The molecule has 15 heavy (non-hydrogen) atoms. The average molecular weight is 203 g/mol. The highest BCUT2D eigenvalue weighted by molar-refractivity contribution is 6.51. The van der Waals surface area contributed by atoms with Crippen LogP contribution < -0.4 is 5.32 Å². The zero-order valence-corrected chi connectivity index (χ0v) is 7.86. The molecule has 0 spiro atoms. The van der Waals surface area contributed by atoms with Gasteiger partial charge in [-0.1, -0.05) is 18.2 Å². The van der Waals surface area contributed by atoms with Gasteiger partial charge in [-0.05, 0) is 17.7 Å². The summed E-state index contributed by atoms with van der Waals surface area (Å²) in [5.74, 6) is -1.10. The Kier molecular flexibility index (Phi) is 2.35. The molecular weight excluding hydrogens is 194 g/mol. The Hall–Kier alpha value is -1.94. The van der Waals surface area contributed by atoms with Gasteiger partial charge in [0.25, 0.3) is 11.7 Å². The number of carbonyl (C=O) groups excluding carboxylic acids is 2. The Balaban J connectivity index is 2.39. The minimum Gasteiger partial charge on any atom is -0.392 e. The van der Waals surface area contributed by atoms with Gasteiger partial charge in [0, 0.05) is 0 Å². The lowest BCUT2D eigenvalue weighted by Crippen LogP contribution is -2.12. The molecule has 2 N–H and O–H groups in total. The Bertz CT molecular complexity index is 463. The summed E-state index contributed by atoms with van der Waals surface area (Å²) in [4.78, 5) is 22.4. The van der Waals surface area contributed by atoms with E-state index in [1.807, 2.05) is 0 Å². The van der Waals surface area contributed by atoms with Gasteiger partial charge in [-0.2, -0.15) is 0 Å². The largest absolute Gasteiger partial charge is 0.392 e. The van der Waals surface area contributed by atoms with Crippen LogP contribution in [0.4, 0.5) is 5.69 Å². The van der Waals surface area contributed by atoms with Crippen LogP contribution in [0.5, 0.6) is 0 Å². The lowest BCUT2D eigenvalue weighted by atomic mass is 10.1. The topological polar surface area (TPSA) is 66.4 Å². The van der Waals surface area contributed by atoms with Gasteiger partial charge in [-0.3, -0.25) is 9.59 Å². The van der Waals surface area contributed by atoms with Gasteiger partial charge in [0.15, 0.2) is 0 Å². The molecule has 1 aliphatic rings. The van der Waals surface area contributed by atoms with Crippen molar-refractivity contribution in [2.45, 2.75) is 0 Å². The smallest absolute Gasteiger partial charge is 0.296 e. The van der Waals surface area contributed by atoms with Crippen LogP contribution in [0.25, 0.3) is 6.08 Å². The minimum atomic E-state index is -0.590. The molecule has 0 unspecified atom stereocenters. The molecule has 1 aromatic carbocycles. The van der Waals surface area contributed by atoms with Crippen molar-refractivity contribution >= 4 is 23.5 Å². The van der Waals surface area contributed by atoms with Crippen LogP contribution >= 0.6 is 0 Å². The maximum Gasteiger partial charge on any atom is 0.296 e. The molecule has 4 heteroatoms. The minimum absolute atomic E-state index is 0.0534. The number of Topliss-reactive ketones (excluding diaryl/α,β-unsaturated/α-hetero) is 1. The van der Waals surface area contributed by atoms with Crippen molar-refractivity contribution in [3.05, 3.63) is 35.4 Å². The molecule has 0 bridgehead atoms. The zero-order chi connectivity index (χ0) is 10.8. The molecule has 76 valence electrons. The molecule has 1 aliphatic heterocycles. The molecule has 2 rings (SSSR count). The summed E-state index contributed by atoms with van der Waals surface area (Å²) in [5, 5.41) is 11.1. The number of hydrogen-bond acceptors (Lipinski definition) is 3. The highest BCUT2D eigenvalue weighted by atomic mass is 16.2. The lowest BCUT2D eigenvalue weighted by molar-refractivity contribution is -0.112. The molecule has 1 amide bonds. The van der Waals surface area contributed by atoms with Crippen LogP contribution in [0.2, 0.25) is 0 Å². The van der Waals surface area contributed by atoms with Crippen LogP contribution in [-0.4, -0.2) is 23.4 Å². The van der Waals surface area contributed by atoms with E-state index in [0.717, 1.165) is 5.56 Å². The molecule has 0 atom stereocenters. The predicted molar refractivity (Wildman–Crippen MR) is 55.5 cm³/mol. The fourth-order valence-corrected chi connectivity index (χ4v) is 1.45. The first kappa shape index (κ1) is 9.61. The number of rotatable bonds is 2. The number of benzene rings is 1. The Morgan fingerprint density at radius 1 is 1.33 bits per heavy atom. The Morgan fingerprint density at radius 3 is 2.87 bits per heavy atom. The van der Waals surface area contributed by atoms with Crippen LogP contribution in [-0.2, 0) is 4.79 Å². The van der Waals surface area contributed by atoms with Gasteiger partial charge in [0.05, 0.1) is 17.9 Å². The van der Waals surface area contributed by atoms with Crippen LogP contribution in [0.15, 0.2) is 24.3 Å². The van der Waals surface area contributed by atoms with Crippen LogP contribution in [0, 0.1) is 0 Å². The second-order valence-corrected chi connectivity index (χ2v) is 3.17. The van der Waals surface area contributed by atoms with E-state index in [9.17, 15) is 9.59 Å². The maximum absolute atomic E-state index is 11.3. The van der Waals surface area contributed by atoms with Gasteiger partial charge >= 0.3 is 0 Å². The Morgan fingerprint density at radius 2 is 2.13 bits per heavy atom. The number of amides is 1. The number of aliphatic hydroxyl groups excluding tert-OH is 1. The first-order chi connectivity index (χ1) is 7.22. The van der Waals surface area contributed by atoms with Gasteiger partial charge in [0.1, 0.15) is 0 Å². The summed E-state index contributed by atoms with van der Waals surface area (Å²) < 4.78 is 0. The van der Waals surface area contributed by atoms with Crippen LogP contribution in [0.1, 0.15) is 15.9 Å². The van der Waals surface area contributed by atoms with E-state index >= 15 is 0 Å². The number of ketones is 1. The summed E-state index contributed by atoms with van der Waals surface area (Å²) in [6.07, 6.45) is 3.26. The quantitative estimate of drug-likeness (QED) is 0.699. The lowest BCUT2D eigenvalue weighted by Gasteiger charge is -1.97. The number of fused-ring (bicyclic) bond motifs is 1. The molecule has 0 aliphatic carbocycles. The number of carbonyl (C=O) groups is 2. The molecule has 0 fully saturated rings. The maximum atomic E-state index is 11.3. The summed E-state index contributed by atoms with van der Waals surface area (Å²) in [6.45, 7) is -0.0534. The van der Waals surface area contributed by atoms with Gasteiger partial charge in [-0.15, -0.1) is 0 Å². The standard InChI is InChI=1S/C11H9NO3/c13-5-1-2-7-3-4-9-8(6-7)10(14)11(15)12-9/h1-4,6,13H,5H2,(H,12,14,15). The van der Waals surface area contributed by atoms with Crippen molar-refractivity contribution in [3.63, 3.8) is 0 Å². The van der Waals surface area contributed by atoms with Crippen molar-refractivity contribution in [1.29, 1.82) is 0 Å². The third-order valence-corrected chi connectivity index (χ3v) is 2.16. The van der Waals surface area contributed by atoms with E-state index in [4.69, 9.17) is 5.11 Å². The highest BCUT2D eigenvalue weighted by Gasteiger charge is 2.27.